The van der Waals surface area contributed by atoms with Gasteiger partial charge in [0.2, 0.25) is 0 Å². The molecule has 140 valence electrons. The Morgan fingerprint density at radius 3 is 2.64 bits per heavy atom. The van der Waals surface area contributed by atoms with Gasteiger partial charge in [-0.25, -0.2) is 9.37 Å². The third-order valence-electron chi connectivity index (χ3n) is 4.07. The molecule has 0 fully saturated rings. The van der Waals surface area contributed by atoms with Gasteiger partial charge in [-0.2, -0.15) is 0 Å². The van der Waals surface area contributed by atoms with Crippen LogP contribution in [0.4, 0.5) is 9.52 Å². The number of hydrogen-bond donors (Lipinski definition) is 0. The van der Waals surface area contributed by atoms with Crippen molar-refractivity contribution in [2.45, 2.75) is 6.54 Å². The predicted octanol–water partition coefficient (Wildman–Crippen LogP) is 4.44. The first-order valence-corrected chi connectivity index (χ1v) is 9.44. The molecule has 0 aliphatic carbocycles. The Morgan fingerprint density at radius 1 is 1.07 bits per heavy atom. The molecule has 0 saturated carbocycles. The first-order valence-electron chi connectivity index (χ1n) is 8.62. The van der Waals surface area contributed by atoms with E-state index in [-0.39, 0.29) is 18.3 Å². The molecule has 0 unspecified atom stereocenters. The summed E-state index contributed by atoms with van der Waals surface area (Å²) in [6.07, 6.45) is 3.35. The summed E-state index contributed by atoms with van der Waals surface area (Å²) in [6.45, 7) is 0.196. The lowest BCUT2D eigenvalue weighted by atomic mass is 10.2. The van der Waals surface area contributed by atoms with E-state index < -0.39 is 0 Å². The summed E-state index contributed by atoms with van der Waals surface area (Å²) in [5, 5.41) is 0.499. The maximum atomic E-state index is 13.5. The normalized spacial score (nSPS) is 10.8. The van der Waals surface area contributed by atoms with Crippen LogP contribution in [-0.4, -0.2) is 22.5 Å². The lowest BCUT2D eigenvalue weighted by molar-refractivity contribution is -0.120. The minimum atomic E-state index is -0.331. The minimum Gasteiger partial charge on any atom is -0.484 e. The van der Waals surface area contributed by atoms with Gasteiger partial charge in [0.25, 0.3) is 5.91 Å². The third-order valence-corrected chi connectivity index (χ3v) is 5.11. The third kappa shape index (κ3) is 4.15. The van der Waals surface area contributed by atoms with Crippen molar-refractivity contribution >= 4 is 32.6 Å². The molecule has 5 nitrogen and oxygen atoms in total. The number of halogens is 1. The molecule has 2 heterocycles. The van der Waals surface area contributed by atoms with Crippen molar-refractivity contribution in [1.82, 2.24) is 9.97 Å². The van der Waals surface area contributed by atoms with E-state index in [0.29, 0.717) is 27.6 Å². The Kier molecular flexibility index (Phi) is 5.25. The van der Waals surface area contributed by atoms with E-state index in [1.54, 1.807) is 35.5 Å². The second kappa shape index (κ2) is 8.14. The van der Waals surface area contributed by atoms with Gasteiger partial charge in [0.05, 0.1) is 16.8 Å². The van der Waals surface area contributed by atoms with Gasteiger partial charge in [0.15, 0.2) is 11.7 Å². The van der Waals surface area contributed by atoms with Crippen molar-refractivity contribution in [2.24, 2.45) is 0 Å². The van der Waals surface area contributed by atoms with Crippen LogP contribution in [0, 0.1) is 5.82 Å². The van der Waals surface area contributed by atoms with Crippen LogP contribution in [-0.2, 0) is 11.3 Å². The fraction of sp³-hybridized carbons (Fsp3) is 0.0952. The average molecular weight is 393 g/mol. The SMILES string of the molecule is O=C(COc1ccccc1)N(Cc1ccncc1)c1nc2ccc(F)cc2s1. The Morgan fingerprint density at radius 2 is 1.86 bits per heavy atom. The van der Waals surface area contributed by atoms with Gasteiger partial charge in [-0.3, -0.25) is 14.7 Å². The number of carbonyl (C=O) groups is 1. The van der Waals surface area contributed by atoms with Gasteiger partial charge in [0.1, 0.15) is 11.6 Å². The van der Waals surface area contributed by atoms with E-state index >= 15 is 0 Å². The van der Waals surface area contributed by atoms with Crippen LogP contribution in [0.15, 0.2) is 73.1 Å². The van der Waals surface area contributed by atoms with Crippen LogP contribution in [0.1, 0.15) is 5.56 Å². The van der Waals surface area contributed by atoms with Crippen molar-refractivity contribution in [3.8, 4) is 5.75 Å². The summed E-state index contributed by atoms with van der Waals surface area (Å²) < 4.78 is 19.8. The number of carbonyl (C=O) groups excluding carboxylic acids is 1. The summed E-state index contributed by atoms with van der Waals surface area (Å²) in [6, 6.07) is 17.2. The van der Waals surface area contributed by atoms with E-state index in [2.05, 4.69) is 9.97 Å². The lowest BCUT2D eigenvalue weighted by Crippen LogP contribution is -2.34. The zero-order chi connectivity index (χ0) is 19.3. The zero-order valence-corrected chi connectivity index (χ0v) is 15.6. The van der Waals surface area contributed by atoms with Gasteiger partial charge in [-0.15, -0.1) is 0 Å². The highest BCUT2D eigenvalue weighted by Crippen LogP contribution is 2.30. The van der Waals surface area contributed by atoms with Crippen LogP contribution in [0.25, 0.3) is 10.2 Å². The van der Waals surface area contributed by atoms with Crippen molar-refractivity contribution in [3.05, 3.63) is 84.4 Å². The maximum Gasteiger partial charge on any atom is 0.267 e. The van der Waals surface area contributed by atoms with Crippen molar-refractivity contribution < 1.29 is 13.9 Å². The van der Waals surface area contributed by atoms with Crippen molar-refractivity contribution in [1.29, 1.82) is 0 Å². The number of pyridine rings is 1. The van der Waals surface area contributed by atoms with Gasteiger partial charge in [-0.1, -0.05) is 29.5 Å². The lowest BCUT2D eigenvalue weighted by Gasteiger charge is -2.20. The summed E-state index contributed by atoms with van der Waals surface area (Å²) in [4.78, 5) is 23.0. The molecule has 0 bridgehead atoms. The minimum absolute atomic E-state index is 0.126. The molecule has 1 amide bonds. The fourth-order valence-electron chi connectivity index (χ4n) is 2.67. The number of rotatable bonds is 6. The van der Waals surface area contributed by atoms with E-state index in [0.717, 1.165) is 5.56 Å². The van der Waals surface area contributed by atoms with Gasteiger partial charge >= 0.3 is 0 Å². The first kappa shape index (κ1) is 18.1. The molecular weight excluding hydrogens is 377 g/mol. The molecule has 0 aliphatic rings. The average Bonchev–Trinajstić information content (AvgIpc) is 3.14. The number of ether oxygens (including phenoxy) is 1. The molecule has 28 heavy (non-hydrogen) atoms. The molecule has 0 aliphatic heterocycles. The maximum absolute atomic E-state index is 13.5. The van der Waals surface area contributed by atoms with Crippen molar-refractivity contribution in [3.63, 3.8) is 0 Å². The van der Waals surface area contributed by atoms with E-state index in [1.165, 1.54) is 23.5 Å². The topological polar surface area (TPSA) is 55.3 Å². The molecule has 0 radical (unpaired) electrons. The predicted molar refractivity (Wildman–Crippen MR) is 107 cm³/mol. The molecule has 4 rings (SSSR count). The molecule has 4 aromatic rings. The smallest absolute Gasteiger partial charge is 0.267 e. The summed E-state index contributed by atoms with van der Waals surface area (Å²) in [7, 11) is 0. The molecule has 0 spiro atoms. The summed E-state index contributed by atoms with van der Waals surface area (Å²) in [5.41, 5.74) is 1.56. The highest BCUT2D eigenvalue weighted by atomic mass is 32.1. The van der Waals surface area contributed by atoms with Crippen LogP contribution < -0.4 is 9.64 Å². The highest BCUT2D eigenvalue weighted by molar-refractivity contribution is 7.22. The Bertz CT molecular complexity index is 1090. The van der Waals surface area contributed by atoms with Crippen LogP contribution in [0.2, 0.25) is 0 Å². The molecule has 2 aromatic heterocycles. The number of aromatic nitrogens is 2. The Labute approximate surface area is 165 Å². The first-order chi connectivity index (χ1) is 13.7. The Hall–Kier alpha value is -3.32. The molecule has 0 saturated heterocycles. The number of fused-ring (bicyclic) bond motifs is 1. The van der Waals surface area contributed by atoms with E-state index in [4.69, 9.17) is 4.74 Å². The van der Waals surface area contributed by atoms with Gasteiger partial charge in [-0.05, 0) is 48.0 Å². The zero-order valence-electron chi connectivity index (χ0n) is 14.8. The number of thiazole rings is 1. The number of benzene rings is 2. The molecular formula is C21H16FN3O2S. The summed E-state index contributed by atoms with van der Waals surface area (Å²) >= 11 is 1.27. The molecule has 2 aromatic carbocycles. The van der Waals surface area contributed by atoms with Crippen LogP contribution in [0.5, 0.6) is 5.75 Å². The van der Waals surface area contributed by atoms with Gasteiger partial charge in [0, 0.05) is 12.4 Å². The van der Waals surface area contributed by atoms with E-state index in [9.17, 15) is 9.18 Å². The highest BCUT2D eigenvalue weighted by Gasteiger charge is 2.21. The largest absolute Gasteiger partial charge is 0.484 e. The Balaban J connectivity index is 1.61. The number of anilines is 1. The van der Waals surface area contributed by atoms with Crippen LogP contribution in [0.3, 0.4) is 0 Å². The van der Waals surface area contributed by atoms with Crippen LogP contribution >= 0.6 is 11.3 Å². The van der Waals surface area contributed by atoms with Crippen molar-refractivity contribution in [2.75, 3.05) is 11.5 Å². The molecule has 7 heteroatoms. The second-order valence-electron chi connectivity index (χ2n) is 6.05. The fourth-order valence-corrected chi connectivity index (χ4v) is 3.68. The second-order valence-corrected chi connectivity index (χ2v) is 7.05. The number of hydrogen-bond acceptors (Lipinski definition) is 5. The van der Waals surface area contributed by atoms with E-state index in [1.807, 2.05) is 30.3 Å². The monoisotopic (exact) mass is 393 g/mol. The number of para-hydroxylation sites is 1. The molecule has 0 N–H and O–H groups in total. The molecule has 0 atom stereocenters. The number of amides is 1. The number of nitrogens with zero attached hydrogens (tertiary/aromatic N) is 3. The summed E-state index contributed by atoms with van der Waals surface area (Å²) in [5.74, 6) is 0.0494. The van der Waals surface area contributed by atoms with Gasteiger partial charge < -0.3 is 4.74 Å². The quantitative estimate of drug-likeness (QED) is 0.486. The standard InChI is InChI=1S/C21H16FN3O2S/c22-16-6-7-18-19(12-16)28-21(24-18)25(13-15-8-10-23-11-9-15)20(26)14-27-17-4-2-1-3-5-17/h1-12H,13-14H2.